The number of likely N-dealkylation sites (N-methyl/N-ethyl adjacent to an activating group) is 1. The molecule has 1 amide bonds. The summed E-state index contributed by atoms with van der Waals surface area (Å²) in [5, 5.41) is 1.08. The van der Waals surface area contributed by atoms with Gasteiger partial charge in [-0.2, -0.15) is 4.31 Å². The van der Waals surface area contributed by atoms with Gasteiger partial charge in [0.1, 0.15) is 5.52 Å². The Morgan fingerprint density at radius 3 is 2.37 bits per heavy atom. The lowest BCUT2D eigenvalue weighted by molar-refractivity contribution is -0.0440. The molecule has 0 N–H and O–H groups in total. The van der Waals surface area contributed by atoms with Crippen LogP contribution in [-0.4, -0.2) is 81.0 Å². The number of para-hydroxylation sites is 1. The number of amides is 1. The summed E-state index contributed by atoms with van der Waals surface area (Å²) in [5.41, 5.74) is 1.05. The molecule has 8 nitrogen and oxygen atoms in total. The Hall–Kier alpha value is -2.08. The molecule has 2 aromatic carbocycles. The first-order valence-electron chi connectivity index (χ1n) is 11.3. The number of benzene rings is 2. The van der Waals surface area contributed by atoms with E-state index in [1.54, 1.807) is 23.1 Å². The van der Waals surface area contributed by atoms with E-state index in [9.17, 15) is 13.2 Å². The van der Waals surface area contributed by atoms with E-state index < -0.39 is 10.0 Å². The monoisotopic (exact) mass is 536 g/mol. The first kappa shape index (κ1) is 26.0. The predicted molar refractivity (Wildman–Crippen MR) is 140 cm³/mol. The zero-order chi connectivity index (χ0) is 25.3. The minimum Gasteiger partial charge on any atom is -0.373 e. The number of anilines is 1. The fourth-order valence-corrected chi connectivity index (χ4v) is 6.88. The van der Waals surface area contributed by atoms with Crippen molar-refractivity contribution in [3.05, 3.63) is 53.1 Å². The maximum Gasteiger partial charge on any atom is 0.260 e. The molecule has 1 aromatic heterocycles. The molecule has 0 radical (unpaired) electrons. The molecule has 0 bridgehead atoms. The largest absolute Gasteiger partial charge is 0.373 e. The fourth-order valence-electron chi connectivity index (χ4n) is 4.00. The Morgan fingerprint density at radius 1 is 1.11 bits per heavy atom. The number of sulfonamides is 1. The van der Waals surface area contributed by atoms with Gasteiger partial charge < -0.3 is 9.64 Å². The van der Waals surface area contributed by atoms with Gasteiger partial charge in [0, 0.05) is 31.7 Å². The zero-order valence-electron chi connectivity index (χ0n) is 20.1. The van der Waals surface area contributed by atoms with Gasteiger partial charge in [0.15, 0.2) is 5.13 Å². The number of halogens is 1. The molecule has 11 heteroatoms. The van der Waals surface area contributed by atoms with Crippen LogP contribution in [0.3, 0.4) is 0 Å². The van der Waals surface area contributed by atoms with Crippen molar-refractivity contribution in [3.8, 4) is 0 Å². The maximum atomic E-state index is 13.5. The van der Waals surface area contributed by atoms with E-state index in [0.29, 0.717) is 47.4 Å². The van der Waals surface area contributed by atoms with Gasteiger partial charge in [-0.15, -0.1) is 0 Å². The molecule has 2 unspecified atom stereocenters. The van der Waals surface area contributed by atoms with Crippen LogP contribution in [0.4, 0.5) is 5.13 Å². The van der Waals surface area contributed by atoms with Gasteiger partial charge in [-0.05, 0) is 64.3 Å². The molecule has 0 aliphatic carbocycles. The van der Waals surface area contributed by atoms with Crippen LogP contribution in [0, 0.1) is 0 Å². The van der Waals surface area contributed by atoms with E-state index in [1.165, 1.54) is 27.8 Å². The van der Waals surface area contributed by atoms with E-state index in [2.05, 4.69) is 4.98 Å². The number of ether oxygens (including phenoxy) is 1. The van der Waals surface area contributed by atoms with Crippen molar-refractivity contribution in [1.29, 1.82) is 0 Å². The van der Waals surface area contributed by atoms with Gasteiger partial charge in [0.05, 0.1) is 26.8 Å². The molecule has 2 atom stereocenters. The lowest BCUT2D eigenvalue weighted by Gasteiger charge is -2.34. The van der Waals surface area contributed by atoms with Crippen LogP contribution in [-0.2, 0) is 14.8 Å². The van der Waals surface area contributed by atoms with Crippen molar-refractivity contribution in [2.75, 3.05) is 45.2 Å². The van der Waals surface area contributed by atoms with Crippen molar-refractivity contribution >= 4 is 54.2 Å². The summed E-state index contributed by atoms with van der Waals surface area (Å²) >= 11 is 7.70. The molecule has 3 aromatic rings. The van der Waals surface area contributed by atoms with Crippen LogP contribution in [0.15, 0.2) is 47.4 Å². The summed E-state index contributed by atoms with van der Waals surface area (Å²) in [7, 11) is 0.181. The van der Waals surface area contributed by atoms with Gasteiger partial charge >= 0.3 is 0 Å². The van der Waals surface area contributed by atoms with Crippen LogP contribution in [0.25, 0.3) is 10.2 Å². The van der Waals surface area contributed by atoms with Crippen molar-refractivity contribution in [1.82, 2.24) is 14.2 Å². The van der Waals surface area contributed by atoms with Gasteiger partial charge in [0.2, 0.25) is 10.0 Å². The molecular formula is C24H29ClN4O4S2. The molecule has 0 saturated carbocycles. The third-order valence-corrected chi connectivity index (χ3v) is 8.92. The highest BCUT2D eigenvalue weighted by molar-refractivity contribution is 7.89. The van der Waals surface area contributed by atoms with Gasteiger partial charge in [-0.3, -0.25) is 9.69 Å². The fraction of sp³-hybridized carbons (Fsp3) is 0.417. The van der Waals surface area contributed by atoms with Crippen LogP contribution >= 0.6 is 22.9 Å². The number of aromatic nitrogens is 1. The molecule has 1 fully saturated rings. The van der Waals surface area contributed by atoms with Crippen LogP contribution in [0.2, 0.25) is 5.02 Å². The zero-order valence-corrected chi connectivity index (χ0v) is 22.5. The van der Waals surface area contributed by atoms with Gasteiger partial charge in [-0.25, -0.2) is 13.4 Å². The average Bonchev–Trinajstić information content (AvgIpc) is 3.24. The van der Waals surface area contributed by atoms with E-state index >= 15 is 0 Å². The topological polar surface area (TPSA) is 83.1 Å². The lowest BCUT2D eigenvalue weighted by Crippen LogP contribution is -2.48. The number of hydrogen-bond donors (Lipinski definition) is 0. The van der Waals surface area contributed by atoms with Gasteiger partial charge in [0.25, 0.3) is 5.91 Å². The van der Waals surface area contributed by atoms with Crippen molar-refractivity contribution in [2.24, 2.45) is 0 Å². The molecule has 4 rings (SSSR count). The standard InChI is InChI=1S/C24H29ClN4O4S2/c1-16-14-28(15-17(2)33-16)35(31,32)19-10-8-18(9-11-19)23(30)29(13-12-27(3)4)24-26-22-20(25)6-5-7-21(22)34-24/h5-11,16-17H,12-15H2,1-4H3. The summed E-state index contributed by atoms with van der Waals surface area (Å²) in [6, 6.07) is 11.7. The van der Waals surface area contributed by atoms with E-state index in [-0.39, 0.29) is 23.0 Å². The number of morpholine rings is 1. The van der Waals surface area contributed by atoms with E-state index in [1.807, 2.05) is 45.0 Å². The molecule has 1 saturated heterocycles. The highest BCUT2D eigenvalue weighted by Crippen LogP contribution is 2.33. The molecule has 188 valence electrons. The second kappa shape index (κ2) is 10.5. The minimum atomic E-state index is -3.69. The first-order valence-corrected chi connectivity index (χ1v) is 14.0. The number of nitrogens with zero attached hydrogens (tertiary/aromatic N) is 4. The van der Waals surface area contributed by atoms with E-state index in [0.717, 1.165) is 4.70 Å². The summed E-state index contributed by atoms with van der Waals surface area (Å²) in [6.45, 7) is 5.37. The van der Waals surface area contributed by atoms with Crippen LogP contribution < -0.4 is 4.90 Å². The van der Waals surface area contributed by atoms with Crippen molar-refractivity contribution in [2.45, 2.75) is 31.0 Å². The molecule has 35 heavy (non-hydrogen) atoms. The lowest BCUT2D eigenvalue weighted by atomic mass is 10.2. The van der Waals surface area contributed by atoms with Crippen molar-refractivity contribution in [3.63, 3.8) is 0 Å². The Balaban J connectivity index is 1.61. The SMILES string of the molecule is CC1CN(S(=O)(=O)c2ccc(C(=O)N(CCN(C)C)c3nc4c(Cl)cccc4s3)cc2)CC(C)O1. The van der Waals surface area contributed by atoms with Gasteiger partial charge in [-0.1, -0.05) is 29.0 Å². The molecule has 1 aliphatic rings. The maximum absolute atomic E-state index is 13.5. The average molecular weight is 537 g/mol. The van der Waals surface area contributed by atoms with Crippen molar-refractivity contribution < 1.29 is 17.9 Å². The third-order valence-electron chi connectivity index (χ3n) is 5.73. The number of thiazole rings is 1. The Labute approximate surface area is 215 Å². The smallest absolute Gasteiger partial charge is 0.260 e. The third kappa shape index (κ3) is 5.68. The highest BCUT2D eigenvalue weighted by atomic mass is 35.5. The quantitative estimate of drug-likeness (QED) is 0.454. The van der Waals surface area contributed by atoms with Crippen LogP contribution in [0.5, 0.6) is 0 Å². The summed E-state index contributed by atoms with van der Waals surface area (Å²) in [6.07, 6.45) is -0.358. The van der Waals surface area contributed by atoms with Crippen LogP contribution in [0.1, 0.15) is 24.2 Å². The number of rotatable bonds is 7. The number of carbonyl (C=O) groups is 1. The Morgan fingerprint density at radius 2 is 1.77 bits per heavy atom. The molecule has 2 heterocycles. The number of hydrogen-bond acceptors (Lipinski definition) is 7. The molecule has 0 spiro atoms. The second-order valence-corrected chi connectivity index (χ2v) is 12.3. The highest BCUT2D eigenvalue weighted by Gasteiger charge is 2.32. The number of carbonyl (C=O) groups excluding carboxylic acids is 1. The number of fused-ring (bicyclic) bond motifs is 1. The summed E-state index contributed by atoms with van der Waals surface area (Å²) < 4.78 is 34.3. The summed E-state index contributed by atoms with van der Waals surface area (Å²) in [5.74, 6) is -0.250. The molecule has 1 aliphatic heterocycles. The normalized spacial score (nSPS) is 19.4. The Kier molecular flexibility index (Phi) is 7.80. The Bertz CT molecular complexity index is 1300. The second-order valence-electron chi connectivity index (χ2n) is 8.95. The van der Waals surface area contributed by atoms with E-state index in [4.69, 9.17) is 16.3 Å². The molecular weight excluding hydrogens is 508 g/mol. The summed E-state index contributed by atoms with van der Waals surface area (Å²) in [4.78, 5) is 21.9. The minimum absolute atomic E-state index is 0.155. The predicted octanol–water partition coefficient (Wildman–Crippen LogP) is 3.96. The first-order chi connectivity index (χ1) is 16.6.